The molecule has 0 bridgehead atoms. The van der Waals surface area contributed by atoms with Crippen molar-refractivity contribution in [2.24, 2.45) is 0 Å². The van der Waals surface area contributed by atoms with Crippen LogP contribution in [0.2, 0.25) is 0 Å². The minimum absolute atomic E-state index is 0.264. The molecule has 0 spiro atoms. The lowest BCUT2D eigenvalue weighted by Crippen LogP contribution is -2.12. The summed E-state index contributed by atoms with van der Waals surface area (Å²) in [6, 6.07) is 3.84. The van der Waals surface area contributed by atoms with Crippen molar-refractivity contribution < 1.29 is 4.79 Å². The Labute approximate surface area is 126 Å². The van der Waals surface area contributed by atoms with Crippen LogP contribution in [0.4, 0.5) is 10.7 Å². The number of aromatic amines is 1. The van der Waals surface area contributed by atoms with Crippen molar-refractivity contribution in [3.8, 4) is 6.07 Å². The first-order valence-corrected chi connectivity index (χ1v) is 7.80. The van der Waals surface area contributed by atoms with Crippen LogP contribution in [0.3, 0.4) is 0 Å². The van der Waals surface area contributed by atoms with Crippen LogP contribution in [-0.4, -0.2) is 10.9 Å². The number of aryl methyl sites for hydroxylation is 1. The van der Waals surface area contributed by atoms with E-state index in [9.17, 15) is 10.1 Å². The van der Waals surface area contributed by atoms with Crippen molar-refractivity contribution in [3.63, 3.8) is 0 Å². The average molecular weight is 300 g/mol. The highest BCUT2D eigenvalue weighted by molar-refractivity contribution is 7.16. The van der Waals surface area contributed by atoms with E-state index in [4.69, 9.17) is 5.73 Å². The smallest absolute Gasteiger partial charge is 0.272 e. The van der Waals surface area contributed by atoms with Gasteiger partial charge in [-0.05, 0) is 37.3 Å². The quantitative estimate of drug-likeness (QED) is 0.744. The first-order valence-electron chi connectivity index (χ1n) is 6.99. The summed E-state index contributed by atoms with van der Waals surface area (Å²) < 4.78 is 0. The number of nitriles is 1. The van der Waals surface area contributed by atoms with Gasteiger partial charge in [0, 0.05) is 16.8 Å². The van der Waals surface area contributed by atoms with Gasteiger partial charge in [-0.25, -0.2) is 0 Å². The fourth-order valence-electron chi connectivity index (χ4n) is 2.66. The molecule has 2 aromatic rings. The van der Waals surface area contributed by atoms with Gasteiger partial charge in [-0.15, -0.1) is 11.3 Å². The molecule has 0 unspecified atom stereocenters. The summed E-state index contributed by atoms with van der Waals surface area (Å²) in [6.45, 7) is 0. The van der Waals surface area contributed by atoms with Gasteiger partial charge < -0.3 is 16.0 Å². The minimum atomic E-state index is -0.264. The Morgan fingerprint density at radius 2 is 2.19 bits per heavy atom. The standard InChI is InChI=1S/C15H16N4OS/c16-7-11-10-4-2-1-3-5-13(10)21-15(11)19-14(20)12-6-9(17)8-18-12/h6,8,18H,1-5,17H2,(H,19,20). The number of H-pyrrole nitrogens is 1. The fourth-order valence-corrected chi connectivity index (χ4v) is 3.90. The molecule has 2 aromatic heterocycles. The lowest BCUT2D eigenvalue weighted by atomic mass is 10.1. The molecule has 2 heterocycles. The topological polar surface area (TPSA) is 94.7 Å². The molecule has 0 saturated heterocycles. The number of nitrogen functional groups attached to an aromatic ring is 1. The minimum Gasteiger partial charge on any atom is -0.397 e. The van der Waals surface area contributed by atoms with E-state index in [2.05, 4.69) is 16.4 Å². The number of carbonyl (C=O) groups is 1. The molecule has 0 atom stereocenters. The number of nitrogens with two attached hydrogens (primary N) is 1. The highest BCUT2D eigenvalue weighted by atomic mass is 32.1. The van der Waals surface area contributed by atoms with Crippen LogP contribution in [0, 0.1) is 11.3 Å². The fraction of sp³-hybridized carbons (Fsp3) is 0.333. The molecule has 21 heavy (non-hydrogen) atoms. The third-order valence-corrected chi connectivity index (χ3v) is 4.92. The maximum absolute atomic E-state index is 12.2. The summed E-state index contributed by atoms with van der Waals surface area (Å²) in [5.41, 5.74) is 8.28. The lowest BCUT2D eigenvalue weighted by Gasteiger charge is -2.02. The van der Waals surface area contributed by atoms with Crippen LogP contribution in [-0.2, 0) is 12.8 Å². The van der Waals surface area contributed by atoms with Gasteiger partial charge in [0.25, 0.3) is 5.91 Å². The molecular formula is C15H16N4OS. The van der Waals surface area contributed by atoms with E-state index in [1.54, 1.807) is 12.3 Å². The van der Waals surface area contributed by atoms with Crippen molar-refractivity contribution in [1.29, 1.82) is 5.26 Å². The van der Waals surface area contributed by atoms with E-state index in [-0.39, 0.29) is 5.91 Å². The molecule has 0 saturated carbocycles. The molecular weight excluding hydrogens is 284 g/mol. The Balaban J connectivity index is 1.89. The van der Waals surface area contributed by atoms with E-state index < -0.39 is 0 Å². The first-order chi connectivity index (χ1) is 10.2. The van der Waals surface area contributed by atoms with Crippen molar-refractivity contribution in [2.45, 2.75) is 32.1 Å². The molecule has 0 aromatic carbocycles. The number of fused-ring (bicyclic) bond motifs is 1. The molecule has 5 nitrogen and oxygen atoms in total. The van der Waals surface area contributed by atoms with E-state index in [0.29, 0.717) is 21.9 Å². The first kappa shape index (κ1) is 13.7. The van der Waals surface area contributed by atoms with Crippen LogP contribution in [0.5, 0.6) is 0 Å². The Bertz CT molecular complexity index is 723. The number of thiophene rings is 1. The normalized spacial score (nSPS) is 14.0. The highest BCUT2D eigenvalue weighted by Gasteiger charge is 2.21. The number of nitrogens with zero attached hydrogens (tertiary/aromatic N) is 1. The third-order valence-electron chi connectivity index (χ3n) is 3.71. The summed E-state index contributed by atoms with van der Waals surface area (Å²) in [4.78, 5) is 16.2. The molecule has 4 N–H and O–H groups in total. The summed E-state index contributed by atoms with van der Waals surface area (Å²) in [6.07, 6.45) is 6.97. The monoisotopic (exact) mass is 300 g/mol. The average Bonchev–Trinajstić information content (AvgIpc) is 2.96. The summed E-state index contributed by atoms with van der Waals surface area (Å²) >= 11 is 1.53. The number of carbonyl (C=O) groups excluding carboxylic acids is 1. The maximum Gasteiger partial charge on any atom is 0.272 e. The number of nitrogens with one attached hydrogen (secondary N) is 2. The van der Waals surface area contributed by atoms with Gasteiger partial charge in [0.05, 0.1) is 5.56 Å². The van der Waals surface area contributed by atoms with Gasteiger partial charge in [-0.3, -0.25) is 4.79 Å². The molecule has 0 aliphatic heterocycles. The van der Waals surface area contributed by atoms with Crippen LogP contribution in [0.15, 0.2) is 12.3 Å². The third kappa shape index (κ3) is 2.65. The second kappa shape index (κ2) is 5.62. The molecule has 0 radical (unpaired) electrons. The van der Waals surface area contributed by atoms with Gasteiger partial charge in [0.2, 0.25) is 0 Å². The van der Waals surface area contributed by atoms with E-state index in [1.807, 2.05) is 0 Å². The van der Waals surface area contributed by atoms with Crippen molar-refractivity contribution >= 4 is 27.9 Å². The zero-order valence-corrected chi connectivity index (χ0v) is 12.3. The Morgan fingerprint density at radius 1 is 1.38 bits per heavy atom. The largest absolute Gasteiger partial charge is 0.397 e. The van der Waals surface area contributed by atoms with Crippen molar-refractivity contribution in [3.05, 3.63) is 34.0 Å². The summed E-state index contributed by atoms with van der Waals surface area (Å²) in [5, 5.41) is 12.9. The Morgan fingerprint density at radius 3 is 2.90 bits per heavy atom. The van der Waals surface area contributed by atoms with Crippen LogP contribution < -0.4 is 11.1 Å². The predicted molar refractivity (Wildman–Crippen MR) is 83.5 cm³/mol. The molecule has 1 aliphatic rings. The molecule has 1 aliphatic carbocycles. The zero-order valence-electron chi connectivity index (χ0n) is 11.5. The molecule has 6 heteroatoms. The number of aromatic nitrogens is 1. The van der Waals surface area contributed by atoms with Crippen molar-refractivity contribution in [2.75, 3.05) is 11.1 Å². The van der Waals surface area contributed by atoms with E-state index >= 15 is 0 Å². The SMILES string of the molecule is N#Cc1c(NC(=O)c2cc(N)c[nH]2)sc2c1CCCCC2. The van der Waals surface area contributed by atoms with Gasteiger partial charge in [-0.1, -0.05) is 6.42 Å². The van der Waals surface area contributed by atoms with Gasteiger partial charge in [-0.2, -0.15) is 5.26 Å². The van der Waals surface area contributed by atoms with E-state index in [0.717, 1.165) is 31.2 Å². The highest BCUT2D eigenvalue weighted by Crippen LogP contribution is 2.37. The number of hydrogen-bond acceptors (Lipinski definition) is 4. The summed E-state index contributed by atoms with van der Waals surface area (Å²) in [7, 11) is 0. The predicted octanol–water partition coefficient (Wildman–Crippen LogP) is 3.05. The molecule has 0 fully saturated rings. The number of hydrogen-bond donors (Lipinski definition) is 3. The van der Waals surface area contributed by atoms with E-state index in [1.165, 1.54) is 22.6 Å². The van der Waals surface area contributed by atoms with Gasteiger partial charge in [0.1, 0.15) is 16.8 Å². The second-order valence-corrected chi connectivity index (χ2v) is 6.29. The lowest BCUT2D eigenvalue weighted by molar-refractivity contribution is 0.102. The van der Waals surface area contributed by atoms with Gasteiger partial charge in [0.15, 0.2) is 0 Å². The summed E-state index contributed by atoms with van der Waals surface area (Å²) in [5.74, 6) is -0.264. The number of amides is 1. The Hall–Kier alpha value is -2.26. The second-order valence-electron chi connectivity index (χ2n) is 5.18. The number of anilines is 2. The van der Waals surface area contributed by atoms with Crippen LogP contribution in [0.25, 0.3) is 0 Å². The maximum atomic E-state index is 12.2. The van der Waals surface area contributed by atoms with Gasteiger partial charge >= 0.3 is 0 Å². The Kier molecular flexibility index (Phi) is 3.67. The van der Waals surface area contributed by atoms with Crippen LogP contribution in [0.1, 0.15) is 45.8 Å². The zero-order chi connectivity index (χ0) is 14.8. The number of rotatable bonds is 2. The molecule has 3 rings (SSSR count). The molecule has 1 amide bonds. The van der Waals surface area contributed by atoms with Crippen LogP contribution >= 0.6 is 11.3 Å². The molecule has 108 valence electrons. The van der Waals surface area contributed by atoms with Crippen molar-refractivity contribution in [1.82, 2.24) is 4.98 Å².